The van der Waals surface area contributed by atoms with Crippen molar-refractivity contribution in [3.05, 3.63) is 36.2 Å². The zero-order valence-corrected chi connectivity index (χ0v) is 18.5. The number of carbonyl (C=O) groups is 4. The van der Waals surface area contributed by atoms with Gasteiger partial charge in [0.25, 0.3) is 5.91 Å². The van der Waals surface area contributed by atoms with Crippen LogP contribution in [0, 0.1) is 0 Å². The molecule has 1 aromatic heterocycles. The molecule has 176 valence electrons. The van der Waals surface area contributed by atoms with Crippen LogP contribution in [0.1, 0.15) is 18.2 Å². The number of hydrogen-bond donors (Lipinski definition) is 1. The lowest BCUT2D eigenvalue weighted by Gasteiger charge is -2.39. The van der Waals surface area contributed by atoms with E-state index in [2.05, 4.69) is 20.5 Å². The van der Waals surface area contributed by atoms with Crippen molar-refractivity contribution in [2.75, 3.05) is 37.4 Å². The Morgan fingerprint density at radius 3 is 2.68 bits per heavy atom. The zero-order valence-electron chi connectivity index (χ0n) is 18.5. The highest BCUT2D eigenvalue weighted by Gasteiger charge is 2.48. The molecule has 3 aliphatic rings. The van der Waals surface area contributed by atoms with Crippen LogP contribution < -0.4 is 10.2 Å². The first-order chi connectivity index (χ1) is 16.3. The molecule has 13 nitrogen and oxygen atoms in total. The van der Waals surface area contributed by atoms with Crippen LogP contribution >= 0.6 is 0 Å². The molecule has 2 fully saturated rings. The minimum Gasteiger partial charge on any atom is -0.407 e. The van der Waals surface area contributed by atoms with E-state index >= 15 is 0 Å². The van der Waals surface area contributed by atoms with E-state index in [4.69, 9.17) is 4.42 Å². The highest BCUT2D eigenvalue weighted by atomic mass is 16.4. The van der Waals surface area contributed by atoms with Gasteiger partial charge in [-0.3, -0.25) is 24.6 Å². The van der Waals surface area contributed by atoms with Gasteiger partial charge in [0.15, 0.2) is 12.2 Å². The summed E-state index contributed by atoms with van der Waals surface area (Å²) in [7, 11) is 2.94. The molecule has 2 aromatic rings. The first-order valence-electron chi connectivity index (χ1n) is 10.7. The van der Waals surface area contributed by atoms with Crippen LogP contribution in [0.2, 0.25) is 0 Å². The Labute approximate surface area is 194 Å². The first-order valence-corrected chi connectivity index (χ1v) is 10.7. The van der Waals surface area contributed by atoms with E-state index in [1.54, 1.807) is 11.9 Å². The third kappa shape index (κ3) is 3.64. The molecular formula is C21H22N8O5. The third-order valence-electron chi connectivity index (χ3n) is 6.13. The Morgan fingerprint density at radius 1 is 1.15 bits per heavy atom. The predicted octanol–water partition coefficient (Wildman–Crippen LogP) is 0.0910. The molecule has 3 atom stereocenters. The van der Waals surface area contributed by atoms with Gasteiger partial charge in [-0.25, -0.2) is 9.79 Å². The van der Waals surface area contributed by atoms with Crippen molar-refractivity contribution in [2.24, 2.45) is 4.99 Å². The smallest absolute Gasteiger partial charge is 0.328 e. The summed E-state index contributed by atoms with van der Waals surface area (Å²) >= 11 is 0. The normalized spacial score (nSPS) is 24.3. The third-order valence-corrected chi connectivity index (χ3v) is 6.13. The van der Waals surface area contributed by atoms with Gasteiger partial charge in [0, 0.05) is 32.7 Å². The Morgan fingerprint density at radius 2 is 1.91 bits per heavy atom. The second kappa shape index (κ2) is 8.24. The van der Waals surface area contributed by atoms with E-state index in [1.807, 2.05) is 30.3 Å². The number of para-hydroxylation sites is 1. The van der Waals surface area contributed by atoms with E-state index in [9.17, 15) is 19.2 Å². The number of aromatic nitrogens is 2. The number of amides is 5. The highest BCUT2D eigenvalue weighted by molar-refractivity contribution is 6.02. The molecule has 34 heavy (non-hydrogen) atoms. The van der Waals surface area contributed by atoms with E-state index in [-0.39, 0.29) is 36.7 Å². The molecule has 1 N–H and O–H groups in total. The number of aliphatic imine (C=N–C) groups is 1. The summed E-state index contributed by atoms with van der Waals surface area (Å²) in [6, 6.07) is 7.97. The molecule has 13 heteroatoms. The fraction of sp³-hybridized carbons (Fsp3) is 0.381. The van der Waals surface area contributed by atoms with E-state index in [0.717, 1.165) is 10.6 Å². The summed E-state index contributed by atoms with van der Waals surface area (Å²) in [6.07, 6.45) is 0.920. The number of nitrogens with zero attached hydrogens (tertiary/aromatic N) is 7. The van der Waals surface area contributed by atoms with Crippen LogP contribution in [0.4, 0.5) is 16.5 Å². The van der Waals surface area contributed by atoms with Crippen LogP contribution in [0.3, 0.4) is 0 Å². The lowest BCUT2D eigenvalue weighted by Crippen LogP contribution is -2.64. The largest absolute Gasteiger partial charge is 0.407 e. The van der Waals surface area contributed by atoms with Crippen LogP contribution in [0.5, 0.6) is 0 Å². The Kier molecular flexibility index (Phi) is 5.23. The van der Waals surface area contributed by atoms with Crippen molar-refractivity contribution >= 4 is 41.8 Å². The van der Waals surface area contributed by atoms with Gasteiger partial charge in [-0.1, -0.05) is 23.3 Å². The van der Waals surface area contributed by atoms with Gasteiger partial charge in [0.05, 0.1) is 18.8 Å². The van der Waals surface area contributed by atoms with Crippen molar-refractivity contribution < 1.29 is 23.6 Å². The number of hydrogen-bond acceptors (Lipinski definition) is 9. The maximum atomic E-state index is 12.6. The number of carbonyl (C=O) groups excluding carboxylic acids is 4. The number of nitrogens with one attached hydrogen (secondary N) is 1. The van der Waals surface area contributed by atoms with Crippen LogP contribution in [0.15, 0.2) is 39.7 Å². The van der Waals surface area contributed by atoms with Crippen molar-refractivity contribution in [3.63, 3.8) is 0 Å². The molecular weight excluding hydrogens is 444 g/mol. The molecule has 3 aliphatic heterocycles. The number of rotatable bonds is 5. The van der Waals surface area contributed by atoms with Crippen LogP contribution in [-0.4, -0.2) is 94.4 Å². The second-order valence-electron chi connectivity index (χ2n) is 8.32. The average molecular weight is 466 g/mol. The van der Waals surface area contributed by atoms with Gasteiger partial charge in [-0.15, -0.1) is 5.10 Å². The number of likely N-dealkylation sites (N-methyl/N-ethyl adjacent to an activating group) is 2. The molecule has 0 radical (unpaired) electrons. The maximum Gasteiger partial charge on any atom is 0.328 e. The van der Waals surface area contributed by atoms with E-state index in [1.165, 1.54) is 23.2 Å². The van der Waals surface area contributed by atoms with Gasteiger partial charge < -0.3 is 19.1 Å². The summed E-state index contributed by atoms with van der Waals surface area (Å²) in [4.78, 5) is 59.4. The monoisotopic (exact) mass is 466 g/mol. The maximum absolute atomic E-state index is 12.6. The lowest BCUT2D eigenvalue weighted by molar-refractivity contribution is -0.136. The van der Waals surface area contributed by atoms with Crippen LogP contribution in [0.25, 0.3) is 0 Å². The molecule has 0 bridgehead atoms. The first kappa shape index (κ1) is 21.6. The minimum atomic E-state index is -0.787. The summed E-state index contributed by atoms with van der Waals surface area (Å²) in [5, 5.41) is 10.4. The Bertz CT molecular complexity index is 1180. The summed E-state index contributed by atoms with van der Waals surface area (Å²) in [5.41, 5.74) is 0.795. The molecule has 0 aliphatic carbocycles. The number of fused-ring (bicyclic) bond motifs is 1. The minimum absolute atomic E-state index is 0.0478. The second-order valence-corrected chi connectivity index (χ2v) is 8.32. The average Bonchev–Trinajstić information content (AvgIpc) is 3.55. The van der Waals surface area contributed by atoms with Crippen molar-refractivity contribution in [2.45, 2.75) is 24.5 Å². The summed E-state index contributed by atoms with van der Waals surface area (Å²) in [6.45, 7) is 0.196. The Balaban J connectivity index is 1.21. The number of urea groups is 1. The van der Waals surface area contributed by atoms with Gasteiger partial charge >= 0.3 is 12.0 Å². The van der Waals surface area contributed by atoms with E-state index in [0.29, 0.717) is 6.54 Å². The quantitative estimate of drug-likeness (QED) is 0.653. The number of imide groups is 1. The van der Waals surface area contributed by atoms with Gasteiger partial charge in [-0.2, -0.15) is 0 Å². The molecule has 5 amide bonds. The standard InChI is InChI=1S/C21H22N8O5/c1-26-17-16(19(32)27(2)21(26)33)28(11-22-17)10-14(30)23-20-25-24-18(34-20)12-8-15(31)29(9-12)13-6-4-3-5-7-13/h3-7,11-12,16-17H,8-10H2,1-2H3,(H,23,25,30). The fourth-order valence-corrected chi connectivity index (χ4v) is 4.35. The highest BCUT2D eigenvalue weighted by Crippen LogP contribution is 2.31. The van der Waals surface area contributed by atoms with Crippen molar-refractivity contribution in [3.8, 4) is 0 Å². The number of benzene rings is 1. The SMILES string of the molecule is CN1C(=O)C2C(N=CN2CC(=O)Nc2nnc(C3CC(=O)N(c4ccccc4)C3)o2)N(C)C1=O. The molecule has 2 saturated heterocycles. The molecule has 1 aromatic carbocycles. The fourth-order valence-electron chi connectivity index (χ4n) is 4.35. The summed E-state index contributed by atoms with van der Waals surface area (Å²) < 4.78 is 5.60. The van der Waals surface area contributed by atoms with E-state index < -0.39 is 30.1 Å². The van der Waals surface area contributed by atoms with Gasteiger partial charge in [0.1, 0.15) is 0 Å². The van der Waals surface area contributed by atoms with Gasteiger partial charge in [-0.05, 0) is 12.1 Å². The topological polar surface area (TPSA) is 145 Å². The number of anilines is 2. The predicted molar refractivity (Wildman–Crippen MR) is 118 cm³/mol. The molecule has 3 unspecified atom stereocenters. The molecule has 0 saturated carbocycles. The van der Waals surface area contributed by atoms with Crippen molar-refractivity contribution in [1.82, 2.24) is 24.9 Å². The molecule has 5 rings (SSSR count). The zero-order chi connectivity index (χ0) is 24.0. The Hall–Kier alpha value is -4.29. The molecule has 4 heterocycles. The summed E-state index contributed by atoms with van der Waals surface area (Å²) in [5.74, 6) is -1.01. The molecule has 0 spiro atoms. The van der Waals surface area contributed by atoms with Crippen LogP contribution in [-0.2, 0) is 14.4 Å². The van der Waals surface area contributed by atoms with Crippen molar-refractivity contribution in [1.29, 1.82) is 0 Å². The van der Waals surface area contributed by atoms with Gasteiger partial charge in [0.2, 0.25) is 17.7 Å². The lowest BCUT2D eigenvalue weighted by atomic mass is 10.1.